The zero-order valence-corrected chi connectivity index (χ0v) is 23.2. The number of aryl methyl sites for hydroxylation is 1. The van der Waals surface area contributed by atoms with Crippen molar-refractivity contribution in [2.45, 2.75) is 18.9 Å². The number of carbonyl (C=O) groups excluding carboxylic acids is 2. The van der Waals surface area contributed by atoms with Crippen molar-refractivity contribution in [1.82, 2.24) is 4.90 Å². The number of rotatable bonds is 6. The Morgan fingerprint density at radius 1 is 0.875 bits per heavy atom. The first-order valence-corrected chi connectivity index (χ1v) is 13.8. The van der Waals surface area contributed by atoms with Gasteiger partial charge in [0.1, 0.15) is 6.54 Å². The Kier molecular flexibility index (Phi) is 6.64. The molecule has 6 rings (SSSR count). The number of amides is 2. The molecule has 2 aliphatic heterocycles. The van der Waals surface area contributed by atoms with Crippen molar-refractivity contribution in [3.05, 3.63) is 125 Å². The Balaban J connectivity index is 1.33. The molecule has 0 fully saturated rings. The second-order valence-corrected chi connectivity index (χ2v) is 11.0. The summed E-state index contributed by atoms with van der Waals surface area (Å²) in [6, 6.07) is 32.5. The second-order valence-electron chi connectivity index (χ2n) is 11.0. The molecule has 0 saturated heterocycles. The Labute approximate surface area is 235 Å². The third-order valence-electron chi connectivity index (χ3n) is 8.12. The summed E-state index contributed by atoms with van der Waals surface area (Å²) in [5, 5.41) is 3.83. The molecule has 2 heterocycles. The number of fused-ring (bicyclic) bond motifs is 2. The van der Waals surface area contributed by atoms with Crippen LogP contribution in [0.3, 0.4) is 0 Å². The molecule has 6 nitrogen and oxygen atoms in total. The van der Waals surface area contributed by atoms with E-state index in [0.717, 1.165) is 35.6 Å². The van der Waals surface area contributed by atoms with Gasteiger partial charge in [-0.2, -0.15) is 0 Å². The Morgan fingerprint density at radius 2 is 1.55 bits per heavy atom. The van der Waals surface area contributed by atoms with E-state index in [1.54, 1.807) is 9.80 Å². The fourth-order valence-corrected chi connectivity index (χ4v) is 6.04. The molecule has 6 heteroatoms. The van der Waals surface area contributed by atoms with E-state index in [1.165, 1.54) is 16.7 Å². The molecule has 1 atom stereocenters. The molecule has 4 aromatic carbocycles. The molecule has 0 aromatic heterocycles. The molecule has 40 heavy (non-hydrogen) atoms. The van der Waals surface area contributed by atoms with Crippen LogP contribution in [0, 0.1) is 6.92 Å². The third-order valence-corrected chi connectivity index (χ3v) is 8.12. The van der Waals surface area contributed by atoms with Gasteiger partial charge in [-0.05, 0) is 73.6 Å². The molecule has 2 amide bonds. The monoisotopic (exact) mass is 530 g/mol. The second kappa shape index (κ2) is 10.3. The van der Waals surface area contributed by atoms with Gasteiger partial charge in [-0.15, -0.1) is 0 Å². The number of likely N-dealkylation sites (N-methyl/N-ethyl adjacent to an activating group) is 1. The molecule has 4 aromatic rings. The van der Waals surface area contributed by atoms with E-state index in [9.17, 15) is 9.59 Å². The van der Waals surface area contributed by atoms with E-state index in [1.807, 2.05) is 50.5 Å². The summed E-state index contributed by atoms with van der Waals surface area (Å²) in [4.78, 5) is 32.5. The molecule has 0 bridgehead atoms. The number of carbonyl (C=O) groups is 2. The van der Waals surface area contributed by atoms with Crippen LogP contribution >= 0.6 is 0 Å². The van der Waals surface area contributed by atoms with Crippen molar-refractivity contribution < 1.29 is 9.59 Å². The summed E-state index contributed by atoms with van der Waals surface area (Å²) >= 11 is 0. The van der Waals surface area contributed by atoms with E-state index < -0.39 is 5.54 Å². The molecule has 2 aliphatic rings. The molecule has 0 spiro atoms. The van der Waals surface area contributed by atoms with Gasteiger partial charge in [0.25, 0.3) is 5.91 Å². The van der Waals surface area contributed by atoms with Crippen LogP contribution in [0.5, 0.6) is 0 Å². The quantitative estimate of drug-likeness (QED) is 0.360. The first-order chi connectivity index (χ1) is 19.4. The topological polar surface area (TPSA) is 55.9 Å². The molecular formula is C34H34N4O2. The lowest BCUT2D eigenvalue weighted by Crippen LogP contribution is -2.49. The Hall–Kier alpha value is -4.42. The predicted octanol–water partition coefficient (Wildman–Crippen LogP) is 5.46. The minimum Gasteiger partial charge on any atom is -0.371 e. The van der Waals surface area contributed by atoms with E-state index in [4.69, 9.17) is 0 Å². The zero-order chi connectivity index (χ0) is 27.9. The number of nitrogens with one attached hydrogen (secondary N) is 1. The molecule has 1 unspecified atom stereocenters. The van der Waals surface area contributed by atoms with Crippen molar-refractivity contribution in [3.8, 4) is 0 Å². The molecule has 0 saturated carbocycles. The van der Waals surface area contributed by atoms with Gasteiger partial charge in [-0.1, -0.05) is 66.7 Å². The minimum absolute atomic E-state index is 0.0229. The van der Waals surface area contributed by atoms with Crippen LogP contribution in [0.2, 0.25) is 0 Å². The molecular weight excluding hydrogens is 496 g/mol. The molecule has 0 aliphatic carbocycles. The van der Waals surface area contributed by atoms with Gasteiger partial charge in [0.15, 0.2) is 0 Å². The number of nitrogens with zero attached hydrogens (tertiary/aromatic N) is 3. The average molecular weight is 531 g/mol. The number of hydrogen-bond donors (Lipinski definition) is 1. The largest absolute Gasteiger partial charge is 0.371 e. The lowest BCUT2D eigenvalue weighted by Gasteiger charge is -2.37. The van der Waals surface area contributed by atoms with Crippen LogP contribution in [0.15, 0.2) is 97.1 Å². The van der Waals surface area contributed by atoms with Gasteiger partial charge in [0.05, 0.1) is 16.9 Å². The highest BCUT2D eigenvalue weighted by atomic mass is 16.2. The number of anilines is 3. The lowest BCUT2D eigenvalue weighted by molar-refractivity contribution is -0.117. The van der Waals surface area contributed by atoms with Crippen molar-refractivity contribution in [2.75, 3.05) is 48.8 Å². The van der Waals surface area contributed by atoms with Crippen LogP contribution in [0.4, 0.5) is 17.1 Å². The SMILES string of the molecule is Cc1ccccc1C1(c2ccc(C(=O)N3CC(=O)N(CCN(C)C)c4ccccc43)cc2)Cc2ccccc2N1. The van der Waals surface area contributed by atoms with Gasteiger partial charge in [0, 0.05) is 30.8 Å². The summed E-state index contributed by atoms with van der Waals surface area (Å²) in [6.45, 7) is 3.49. The maximum absolute atomic E-state index is 13.8. The molecule has 0 radical (unpaired) electrons. The summed E-state index contributed by atoms with van der Waals surface area (Å²) < 4.78 is 0. The minimum atomic E-state index is -0.433. The van der Waals surface area contributed by atoms with Crippen molar-refractivity contribution in [1.29, 1.82) is 0 Å². The molecule has 202 valence electrons. The van der Waals surface area contributed by atoms with Gasteiger partial charge in [-0.25, -0.2) is 0 Å². The van der Waals surface area contributed by atoms with E-state index in [2.05, 4.69) is 77.8 Å². The average Bonchev–Trinajstić information content (AvgIpc) is 3.37. The van der Waals surface area contributed by atoms with Crippen LogP contribution in [0.25, 0.3) is 0 Å². The van der Waals surface area contributed by atoms with Crippen LogP contribution in [-0.2, 0) is 16.8 Å². The van der Waals surface area contributed by atoms with Crippen LogP contribution in [0.1, 0.15) is 32.6 Å². The zero-order valence-electron chi connectivity index (χ0n) is 23.2. The highest BCUT2D eigenvalue weighted by Gasteiger charge is 2.41. The van der Waals surface area contributed by atoms with E-state index in [-0.39, 0.29) is 18.4 Å². The highest BCUT2D eigenvalue weighted by molar-refractivity contribution is 6.15. The maximum Gasteiger partial charge on any atom is 0.258 e. The van der Waals surface area contributed by atoms with Crippen LogP contribution in [-0.4, -0.2) is 50.4 Å². The van der Waals surface area contributed by atoms with Crippen LogP contribution < -0.4 is 15.1 Å². The van der Waals surface area contributed by atoms with Gasteiger partial charge < -0.3 is 15.1 Å². The number of para-hydroxylation sites is 3. The smallest absolute Gasteiger partial charge is 0.258 e. The lowest BCUT2D eigenvalue weighted by atomic mass is 9.78. The normalized spacial score (nSPS) is 17.9. The summed E-state index contributed by atoms with van der Waals surface area (Å²) in [5.41, 5.74) is 7.60. The van der Waals surface area contributed by atoms with Gasteiger partial charge in [0.2, 0.25) is 5.91 Å². The predicted molar refractivity (Wildman–Crippen MR) is 161 cm³/mol. The van der Waals surface area contributed by atoms with Crippen molar-refractivity contribution >= 4 is 28.9 Å². The van der Waals surface area contributed by atoms with Crippen molar-refractivity contribution in [3.63, 3.8) is 0 Å². The number of benzene rings is 4. The fraction of sp³-hybridized carbons (Fsp3) is 0.235. The fourth-order valence-electron chi connectivity index (χ4n) is 6.04. The molecule has 1 N–H and O–H groups in total. The van der Waals surface area contributed by atoms with Gasteiger partial charge in [-0.3, -0.25) is 14.5 Å². The highest BCUT2D eigenvalue weighted by Crippen LogP contribution is 2.45. The maximum atomic E-state index is 13.8. The van der Waals surface area contributed by atoms with Crippen molar-refractivity contribution in [2.24, 2.45) is 0 Å². The van der Waals surface area contributed by atoms with Gasteiger partial charge >= 0.3 is 0 Å². The summed E-state index contributed by atoms with van der Waals surface area (Å²) in [5.74, 6) is -0.246. The Bertz CT molecular complexity index is 1550. The summed E-state index contributed by atoms with van der Waals surface area (Å²) in [6.07, 6.45) is 0.818. The van der Waals surface area contributed by atoms with E-state index >= 15 is 0 Å². The van der Waals surface area contributed by atoms with E-state index in [0.29, 0.717) is 12.1 Å². The third kappa shape index (κ3) is 4.44. The first-order valence-electron chi connectivity index (χ1n) is 13.8. The first kappa shape index (κ1) is 25.8. The summed E-state index contributed by atoms with van der Waals surface area (Å²) in [7, 11) is 3.98. The standard InChI is InChI=1S/C34H34N4O2/c1-24-10-4-6-12-28(24)34(22-26-11-5-7-13-29(26)35-34)27-18-16-25(17-19-27)33(40)38-23-32(39)37(21-20-36(2)3)30-14-8-9-15-31(30)38/h4-19,35H,20-23H2,1-3H3. The Morgan fingerprint density at radius 3 is 2.27 bits per heavy atom. The number of hydrogen-bond acceptors (Lipinski definition) is 4.